The number of anilines is 1. The fourth-order valence-corrected chi connectivity index (χ4v) is 5.42. The third-order valence-electron chi connectivity index (χ3n) is 4.91. The molecule has 0 aliphatic carbocycles. The van der Waals surface area contributed by atoms with Crippen LogP contribution in [0.25, 0.3) is 10.2 Å². The molecule has 8 heteroatoms. The number of hydrogen-bond acceptors (Lipinski definition) is 6. The summed E-state index contributed by atoms with van der Waals surface area (Å²) in [5.41, 5.74) is 1.62. The lowest BCUT2D eigenvalue weighted by Crippen LogP contribution is -2.43. The van der Waals surface area contributed by atoms with Crippen molar-refractivity contribution in [3.05, 3.63) is 52.5 Å². The number of fused-ring (bicyclic) bond motifs is 1. The molecule has 1 fully saturated rings. The molecular weight excluding hydrogens is 470 g/mol. The summed E-state index contributed by atoms with van der Waals surface area (Å²) in [6.07, 6.45) is 2.05. The van der Waals surface area contributed by atoms with Gasteiger partial charge in [0.1, 0.15) is 0 Å². The number of para-hydroxylation sites is 1. The van der Waals surface area contributed by atoms with Gasteiger partial charge in [0.2, 0.25) is 0 Å². The maximum Gasteiger partial charge on any atom is 0.261 e. The molecule has 152 valence electrons. The van der Waals surface area contributed by atoms with E-state index < -0.39 is 0 Å². The van der Waals surface area contributed by atoms with Gasteiger partial charge in [-0.25, -0.2) is 4.98 Å². The van der Waals surface area contributed by atoms with Crippen LogP contribution in [0.5, 0.6) is 0 Å². The van der Waals surface area contributed by atoms with Crippen molar-refractivity contribution in [3.63, 3.8) is 0 Å². The number of thiazole rings is 1. The lowest BCUT2D eigenvalue weighted by atomic mass is 10.2. The van der Waals surface area contributed by atoms with Crippen LogP contribution in [0.3, 0.4) is 0 Å². The minimum Gasteiger partial charge on any atom is -0.379 e. The summed E-state index contributed by atoms with van der Waals surface area (Å²) in [6.45, 7) is 4.67. The second kappa shape index (κ2) is 9.57. The summed E-state index contributed by atoms with van der Waals surface area (Å²) >= 11 is 6.78. The van der Waals surface area contributed by atoms with Crippen molar-refractivity contribution >= 4 is 60.3 Å². The largest absolute Gasteiger partial charge is 0.379 e. The Hall–Kier alpha value is -1.45. The van der Waals surface area contributed by atoms with Crippen LogP contribution in [0, 0.1) is 0 Å². The molecule has 1 aliphatic heterocycles. The molecule has 0 unspecified atom stereocenters. The Kier molecular flexibility index (Phi) is 6.87. The van der Waals surface area contributed by atoms with E-state index in [-0.39, 0.29) is 5.91 Å². The average molecular weight is 492 g/mol. The van der Waals surface area contributed by atoms with E-state index in [9.17, 15) is 4.79 Å². The van der Waals surface area contributed by atoms with Gasteiger partial charge >= 0.3 is 0 Å². The number of hydrogen-bond donors (Lipinski definition) is 0. The SMILES string of the molecule is CSc1cccc2sc(N(CCN3CCOCC3)C(=O)c3ccccc3Br)nc12. The molecule has 29 heavy (non-hydrogen) atoms. The maximum atomic E-state index is 13.5. The van der Waals surface area contributed by atoms with E-state index in [0.717, 1.165) is 57.6 Å². The first kappa shape index (κ1) is 20.8. The zero-order valence-corrected chi connectivity index (χ0v) is 19.4. The Morgan fingerprint density at radius 1 is 1.24 bits per heavy atom. The minimum atomic E-state index is -0.0320. The maximum absolute atomic E-state index is 13.5. The van der Waals surface area contributed by atoms with Crippen LogP contribution in [0.2, 0.25) is 0 Å². The molecule has 1 saturated heterocycles. The molecule has 3 aromatic rings. The smallest absolute Gasteiger partial charge is 0.261 e. The van der Waals surface area contributed by atoms with E-state index in [1.54, 1.807) is 23.1 Å². The molecule has 0 spiro atoms. The molecule has 5 nitrogen and oxygen atoms in total. The van der Waals surface area contributed by atoms with Gasteiger partial charge < -0.3 is 4.74 Å². The van der Waals surface area contributed by atoms with Gasteiger partial charge in [-0.15, -0.1) is 11.8 Å². The highest BCUT2D eigenvalue weighted by Gasteiger charge is 2.24. The Morgan fingerprint density at radius 2 is 2.03 bits per heavy atom. The third kappa shape index (κ3) is 4.67. The van der Waals surface area contributed by atoms with E-state index in [2.05, 4.69) is 39.2 Å². The summed E-state index contributed by atoms with van der Waals surface area (Å²) in [5.74, 6) is -0.0320. The molecule has 0 radical (unpaired) electrons. The summed E-state index contributed by atoms with van der Waals surface area (Å²) in [4.78, 5) is 23.6. The number of aromatic nitrogens is 1. The van der Waals surface area contributed by atoms with Crippen LogP contribution in [0.4, 0.5) is 5.13 Å². The fourth-order valence-electron chi connectivity index (χ4n) is 3.32. The summed E-state index contributed by atoms with van der Waals surface area (Å²) in [5, 5.41) is 0.746. The Labute approximate surface area is 187 Å². The molecule has 4 rings (SSSR count). The first-order valence-electron chi connectivity index (χ1n) is 9.47. The first-order chi connectivity index (χ1) is 14.2. The van der Waals surface area contributed by atoms with Crippen molar-refractivity contribution < 1.29 is 9.53 Å². The molecule has 0 saturated carbocycles. The van der Waals surface area contributed by atoms with Crippen LogP contribution in [-0.4, -0.2) is 61.4 Å². The molecule has 1 aliphatic rings. The number of carbonyl (C=O) groups is 1. The van der Waals surface area contributed by atoms with Gasteiger partial charge in [-0.3, -0.25) is 14.6 Å². The van der Waals surface area contributed by atoms with Crippen molar-refractivity contribution in [2.45, 2.75) is 4.90 Å². The van der Waals surface area contributed by atoms with Crippen molar-refractivity contribution in [2.24, 2.45) is 0 Å². The predicted molar refractivity (Wildman–Crippen MR) is 124 cm³/mol. The number of rotatable bonds is 6. The predicted octanol–water partition coefficient (Wildman–Crippen LogP) is 4.76. The zero-order valence-electron chi connectivity index (χ0n) is 16.1. The highest BCUT2D eigenvalue weighted by Crippen LogP contribution is 2.35. The lowest BCUT2D eigenvalue weighted by Gasteiger charge is -2.29. The summed E-state index contributed by atoms with van der Waals surface area (Å²) < 4.78 is 7.35. The van der Waals surface area contributed by atoms with E-state index >= 15 is 0 Å². The number of carbonyl (C=O) groups excluding carboxylic acids is 1. The Morgan fingerprint density at radius 3 is 2.79 bits per heavy atom. The second-order valence-corrected chi connectivity index (χ2v) is 9.41. The molecule has 1 amide bonds. The standard InChI is InChI=1S/C21H22BrN3O2S2/c1-28-17-7-4-8-18-19(17)23-21(29-18)25(10-9-24-11-13-27-14-12-24)20(26)15-5-2-3-6-16(15)22/h2-8H,9-14H2,1H3. The summed E-state index contributed by atoms with van der Waals surface area (Å²) in [6, 6.07) is 13.8. The molecule has 0 N–H and O–H groups in total. The van der Waals surface area contributed by atoms with Crippen molar-refractivity contribution in [1.82, 2.24) is 9.88 Å². The van der Waals surface area contributed by atoms with Crippen molar-refractivity contribution in [2.75, 3.05) is 50.5 Å². The zero-order chi connectivity index (χ0) is 20.2. The molecule has 0 atom stereocenters. The Balaban J connectivity index is 1.67. The summed E-state index contributed by atoms with van der Waals surface area (Å²) in [7, 11) is 0. The van der Waals surface area contributed by atoms with Gasteiger partial charge in [0.05, 0.1) is 29.0 Å². The van der Waals surface area contributed by atoms with Crippen LogP contribution in [0.1, 0.15) is 10.4 Å². The Bertz CT molecular complexity index is 1000. The van der Waals surface area contributed by atoms with Crippen molar-refractivity contribution in [1.29, 1.82) is 0 Å². The van der Waals surface area contributed by atoms with Crippen LogP contribution >= 0.6 is 39.0 Å². The lowest BCUT2D eigenvalue weighted by molar-refractivity contribution is 0.0391. The quantitative estimate of drug-likeness (QED) is 0.465. The monoisotopic (exact) mass is 491 g/mol. The van der Waals surface area contributed by atoms with Gasteiger partial charge in [0, 0.05) is 35.5 Å². The molecular formula is C21H22BrN3O2S2. The van der Waals surface area contributed by atoms with Gasteiger partial charge in [-0.2, -0.15) is 0 Å². The number of ether oxygens (including phenoxy) is 1. The van der Waals surface area contributed by atoms with E-state index in [0.29, 0.717) is 12.1 Å². The number of benzene rings is 2. The fraction of sp³-hybridized carbons (Fsp3) is 0.333. The normalized spacial score (nSPS) is 15.0. The number of nitrogens with zero attached hydrogens (tertiary/aromatic N) is 3. The molecule has 2 heterocycles. The van der Waals surface area contributed by atoms with Gasteiger partial charge in [0.25, 0.3) is 5.91 Å². The van der Waals surface area contributed by atoms with Crippen LogP contribution in [-0.2, 0) is 4.74 Å². The van der Waals surface area contributed by atoms with E-state index in [1.807, 2.05) is 35.2 Å². The molecule has 1 aromatic heterocycles. The third-order valence-corrected chi connectivity index (χ3v) is 7.42. The van der Waals surface area contributed by atoms with Crippen molar-refractivity contribution in [3.8, 4) is 0 Å². The topological polar surface area (TPSA) is 45.7 Å². The number of morpholine rings is 1. The molecule has 2 aromatic carbocycles. The number of thioether (sulfide) groups is 1. The number of amides is 1. The minimum absolute atomic E-state index is 0.0320. The highest BCUT2D eigenvalue weighted by molar-refractivity contribution is 9.10. The van der Waals surface area contributed by atoms with E-state index in [1.165, 1.54) is 0 Å². The van der Waals surface area contributed by atoms with E-state index in [4.69, 9.17) is 9.72 Å². The van der Waals surface area contributed by atoms with Gasteiger partial charge in [-0.05, 0) is 46.5 Å². The average Bonchev–Trinajstić information content (AvgIpc) is 3.19. The van der Waals surface area contributed by atoms with Crippen LogP contribution < -0.4 is 4.90 Å². The number of halogens is 1. The first-order valence-corrected chi connectivity index (χ1v) is 12.3. The second-order valence-electron chi connectivity index (χ2n) is 6.69. The van der Waals surface area contributed by atoms with Gasteiger partial charge in [0.15, 0.2) is 5.13 Å². The highest BCUT2D eigenvalue weighted by atomic mass is 79.9. The van der Waals surface area contributed by atoms with Crippen LogP contribution in [0.15, 0.2) is 51.8 Å². The van der Waals surface area contributed by atoms with Gasteiger partial charge in [-0.1, -0.05) is 29.5 Å². The molecule has 0 bridgehead atoms.